The fourth-order valence-corrected chi connectivity index (χ4v) is 2.89. The molecule has 20 heavy (non-hydrogen) atoms. The second-order valence-electron chi connectivity index (χ2n) is 6.05. The SMILES string of the molecule is CC(=O)c1ccc(N(C)CC2(N(C)C)CCC2)c(F)c1. The average Bonchev–Trinajstić information content (AvgIpc) is 2.32. The second-order valence-corrected chi connectivity index (χ2v) is 6.05. The molecule has 0 unspecified atom stereocenters. The van der Waals surface area contributed by atoms with Crippen LogP contribution in [0.2, 0.25) is 0 Å². The molecule has 0 saturated heterocycles. The molecule has 0 atom stereocenters. The van der Waals surface area contributed by atoms with E-state index in [0.717, 1.165) is 19.4 Å². The highest BCUT2D eigenvalue weighted by Gasteiger charge is 2.40. The molecule has 3 nitrogen and oxygen atoms in total. The van der Waals surface area contributed by atoms with Gasteiger partial charge in [0.15, 0.2) is 5.78 Å². The summed E-state index contributed by atoms with van der Waals surface area (Å²) in [5.74, 6) is -0.435. The number of nitrogens with zero attached hydrogens (tertiary/aromatic N) is 2. The van der Waals surface area contributed by atoms with Gasteiger partial charge in [-0.2, -0.15) is 0 Å². The van der Waals surface area contributed by atoms with Gasteiger partial charge in [0.25, 0.3) is 0 Å². The van der Waals surface area contributed by atoms with Crippen LogP contribution < -0.4 is 4.90 Å². The Morgan fingerprint density at radius 3 is 2.35 bits per heavy atom. The van der Waals surface area contributed by atoms with E-state index in [2.05, 4.69) is 19.0 Å². The Kier molecular flexibility index (Phi) is 4.14. The number of benzene rings is 1. The Balaban J connectivity index is 2.17. The highest BCUT2D eigenvalue weighted by atomic mass is 19.1. The van der Waals surface area contributed by atoms with Crippen molar-refractivity contribution >= 4 is 11.5 Å². The zero-order valence-electron chi connectivity index (χ0n) is 12.7. The monoisotopic (exact) mass is 278 g/mol. The molecule has 1 saturated carbocycles. The highest BCUT2D eigenvalue weighted by molar-refractivity contribution is 5.94. The van der Waals surface area contributed by atoms with Gasteiger partial charge in [0.05, 0.1) is 5.69 Å². The maximum Gasteiger partial charge on any atom is 0.159 e. The summed E-state index contributed by atoms with van der Waals surface area (Å²) in [4.78, 5) is 15.5. The topological polar surface area (TPSA) is 23.6 Å². The highest BCUT2D eigenvalue weighted by Crippen LogP contribution is 2.37. The van der Waals surface area contributed by atoms with Gasteiger partial charge in [-0.3, -0.25) is 4.79 Å². The third-order valence-electron chi connectivity index (χ3n) is 4.53. The molecule has 2 rings (SSSR count). The molecule has 1 fully saturated rings. The predicted molar refractivity (Wildman–Crippen MR) is 79.9 cm³/mol. The van der Waals surface area contributed by atoms with Crippen molar-refractivity contribution in [3.63, 3.8) is 0 Å². The lowest BCUT2D eigenvalue weighted by molar-refractivity contribution is 0.0682. The molecule has 0 bridgehead atoms. The molecule has 1 aromatic rings. The van der Waals surface area contributed by atoms with Gasteiger partial charge < -0.3 is 9.80 Å². The standard InChI is InChI=1S/C16H23FN2O/c1-12(20)13-6-7-15(14(17)10-13)19(4)11-16(18(2)3)8-5-9-16/h6-7,10H,5,8-9,11H2,1-4H3. The van der Waals surface area contributed by atoms with Crippen molar-refractivity contribution in [1.82, 2.24) is 4.90 Å². The van der Waals surface area contributed by atoms with E-state index in [4.69, 9.17) is 0 Å². The summed E-state index contributed by atoms with van der Waals surface area (Å²) < 4.78 is 14.2. The van der Waals surface area contributed by atoms with E-state index in [-0.39, 0.29) is 17.1 Å². The molecule has 0 spiro atoms. The lowest BCUT2D eigenvalue weighted by Crippen LogP contribution is -2.56. The van der Waals surface area contributed by atoms with Gasteiger partial charge in [-0.25, -0.2) is 4.39 Å². The molecule has 0 heterocycles. The first-order valence-corrected chi connectivity index (χ1v) is 7.05. The Bertz CT molecular complexity index is 509. The zero-order valence-corrected chi connectivity index (χ0v) is 12.7. The lowest BCUT2D eigenvalue weighted by atomic mass is 9.75. The van der Waals surface area contributed by atoms with Crippen molar-refractivity contribution in [2.45, 2.75) is 31.7 Å². The molecule has 4 heteroatoms. The minimum atomic E-state index is -0.326. The number of ketones is 1. The van der Waals surface area contributed by atoms with Crippen molar-refractivity contribution in [2.24, 2.45) is 0 Å². The molecule has 0 aliphatic heterocycles. The lowest BCUT2D eigenvalue weighted by Gasteiger charge is -2.49. The van der Waals surface area contributed by atoms with Crippen molar-refractivity contribution < 1.29 is 9.18 Å². The molecule has 1 aliphatic rings. The van der Waals surface area contributed by atoms with Crippen LogP contribution in [0.5, 0.6) is 0 Å². The Labute approximate surface area is 120 Å². The van der Waals surface area contributed by atoms with Crippen LogP contribution >= 0.6 is 0 Å². The average molecular weight is 278 g/mol. The molecule has 0 amide bonds. The molecule has 0 aromatic heterocycles. The normalized spacial score (nSPS) is 16.9. The third-order valence-corrected chi connectivity index (χ3v) is 4.53. The summed E-state index contributed by atoms with van der Waals surface area (Å²) in [7, 11) is 6.08. The smallest absolute Gasteiger partial charge is 0.159 e. The van der Waals surface area contributed by atoms with Crippen LogP contribution in [0.3, 0.4) is 0 Å². The van der Waals surface area contributed by atoms with Crippen molar-refractivity contribution in [3.05, 3.63) is 29.6 Å². The number of likely N-dealkylation sites (N-methyl/N-ethyl adjacent to an activating group) is 2. The molecular formula is C16H23FN2O. The van der Waals surface area contributed by atoms with E-state index in [1.807, 2.05) is 11.9 Å². The minimum Gasteiger partial charge on any atom is -0.370 e. The molecule has 1 aromatic carbocycles. The second kappa shape index (κ2) is 5.52. The number of rotatable bonds is 5. The van der Waals surface area contributed by atoms with Gasteiger partial charge in [-0.1, -0.05) is 0 Å². The van der Waals surface area contributed by atoms with E-state index >= 15 is 0 Å². The van der Waals surface area contributed by atoms with Crippen LogP contribution in [0.25, 0.3) is 0 Å². The molecule has 1 aliphatic carbocycles. The number of Topliss-reactive ketones (excluding diaryl/α,β-unsaturated/α-hetero) is 1. The number of carbonyl (C=O) groups excluding carboxylic acids is 1. The summed E-state index contributed by atoms with van der Waals surface area (Å²) in [6.45, 7) is 2.25. The van der Waals surface area contributed by atoms with Gasteiger partial charge in [-0.05, 0) is 58.5 Å². The number of carbonyl (C=O) groups is 1. The molecule has 0 N–H and O–H groups in total. The molecule has 110 valence electrons. The zero-order chi connectivity index (χ0) is 14.9. The van der Waals surface area contributed by atoms with Gasteiger partial charge in [0.1, 0.15) is 5.82 Å². The van der Waals surface area contributed by atoms with Crippen molar-refractivity contribution in [1.29, 1.82) is 0 Å². The first-order valence-electron chi connectivity index (χ1n) is 7.05. The Morgan fingerprint density at radius 2 is 1.95 bits per heavy atom. The van der Waals surface area contributed by atoms with Crippen molar-refractivity contribution in [3.8, 4) is 0 Å². The van der Waals surface area contributed by atoms with Crippen LogP contribution in [0, 0.1) is 5.82 Å². The number of halogens is 1. The third kappa shape index (κ3) is 2.70. The van der Waals surface area contributed by atoms with Crippen molar-refractivity contribution in [2.75, 3.05) is 32.6 Å². The van der Waals surface area contributed by atoms with E-state index < -0.39 is 0 Å². The Hall–Kier alpha value is -1.42. The van der Waals surface area contributed by atoms with Crippen LogP contribution in [-0.4, -0.2) is 43.9 Å². The fraction of sp³-hybridized carbons (Fsp3) is 0.562. The summed E-state index contributed by atoms with van der Waals surface area (Å²) in [6, 6.07) is 4.73. The quantitative estimate of drug-likeness (QED) is 0.774. The van der Waals surface area contributed by atoms with Crippen LogP contribution in [-0.2, 0) is 0 Å². The first kappa shape index (κ1) is 15.0. The fourth-order valence-electron chi connectivity index (χ4n) is 2.89. The van der Waals surface area contributed by atoms with E-state index in [0.29, 0.717) is 11.3 Å². The maximum atomic E-state index is 14.2. The van der Waals surface area contributed by atoms with Crippen LogP contribution in [0.4, 0.5) is 10.1 Å². The van der Waals surface area contributed by atoms with Crippen LogP contribution in [0.1, 0.15) is 36.5 Å². The van der Waals surface area contributed by atoms with Gasteiger partial charge >= 0.3 is 0 Å². The Morgan fingerprint density at radius 1 is 1.30 bits per heavy atom. The molecular weight excluding hydrogens is 255 g/mol. The molecule has 0 radical (unpaired) electrons. The summed E-state index contributed by atoms with van der Waals surface area (Å²) in [6.07, 6.45) is 3.53. The predicted octanol–water partition coefficient (Wildman–Crippen LogP) is 2.95. The van der Waals surface area contributed by atoms with E-state index in [9.17, 15) is 9.18 Å². The van der Waals surface area contributed by atoms with Crippen LogP contribution in [0.15, 0.2) is 18.2 Å². The minimum absolute atomic E-state index is 0.109. The number of hydrogen-bond donors (Lipinski definition) is 0. The first-order chi connectivity index (χ1) is 9.35. The largest absolute Gasteiger partial charge is 0.370 e. The summed E-state index contributed by atoms with van der Waals surface area (Å²) in [5.41, 5.74) is 1.13. The van der Waals surface area contributed by atoms with Gasteiger partial charge in [-0.15, -0.1) is 0 Å². The maximum absolute atomic E-state index is 14.2. The van der Waals surface area contributed by atoms with Gasteiger partial charge in [0, 0.05) is 24.7 Å². The number of anilines is 1. The summed E-state index contributed by atoms with van der Waals surface area (Å²) in [5, 5.41) is 0. The van der Waals surface area contributed by atoms with E-state index in [1.54, 1.807) is 12.1 Å². The number of hydrogen-bond acceptors (Lipinski definition) is 3. The summed E-state index contributed by atoms with van der Waals surface area (Å²) >= 11 is 0. The van der Waals surface area contributed by atoms with Gasteiger partial charge in [0.2, 0.25) is 0 Å². The van der Waals surface area contributed by atoms with E-state index in [1.165, 1.54) is 19.4 Å².